The van der Waals surface area contributed by atoms with E-state index in [9.17, 15) is 14.7 Å². The van der Waals surface area contributed by atoms with E-state index >= 15 is 0 Å². The zero-order chi connectivity index (χ0) is 15.3. The molecule has 2 fully saturated rings. The number of carboxylic acids is 1. The second-order valence-corrected chi connectivity index (χ2v) is 6.08. The summed E-state index contributed by atoms with van der Waals surface area (Å²) in [5.41, 5.74) is -1.19. The fraction of sp³-hybridized carbons (Fsp3) is 0.857. The molecule has 3 N–H and O–H groups in total. The van der Waals surface area contributed by atoms with Crippen molar-refractivity contribution in [1.82, 2.24) is 15.5 Å². The molecular formula is C14H25N3O4. The number of ether oxygens (including phenoxy) is 1. The summed E-state index contributed by atoms with van der Waals surface area (Å²) in [6.07, 6.45) is 2.75. The number of nitrogens with one attached hydrogen (secondary N) is 2. The maximum absolute atomic E-state index is 12.0. The Hall–Kier alpha value is -1.34. The lowest BCUT2D eigenvalue weighted by molar-refractivity contribution is -0.148. The predicted molar refractivity (Wildman–Crippen MR) is 77.2 cm³/mol. The molecule has 7 heteroatoms. The van der Waals surface area contributed by atoms with Crippen LogP contribution in [0.15, 0.2) is 0 Å². The van der Waals surface area contributed by atoms with Gasteiger partial charge in [0.25, 0.3) is 0 Å². The van der Waals surface area contributed by atoms with Crippen LogP contribution in [-0.4, -0.2) is 67.4 Å². The summed E-state index contributed by atoms with van der Waals surface area (Å²) in [5.74, 6) is -0.511. The van der Waals surface area contributed by atoms with Gasteiger partial charge in [0, 0.05) is 32.6 Å². The number of amides is 2. The highest BCUT2D eigenvalue weighted by Gasteiger charge is 2.41. The molecule has 120 valence electrons. The Morgan fingerprint density at radius 1 is 1.29 bits per heavy atom. The molecule has 0 aromatic carbocycles. The van der Waals surface area contributed by atoms with E-state index in [4.69, 9.17) is 4.74 Å². The first-order valence-electron chi connectivity index (χ1n) is 7.57. The number of aliphatic carboxylic acids is 1. The quantitative estimate of drug-likeness (QED) is 0.693. The summed E-state index contributed by atoms with van der Waals surface area (Å²) in [5, 5.41) is 14.8. The topological polar surface area (TPSA) is 90.9 Å². The number of carbonyl (C=O) groups is 2. The van der Waals surface area contributed by atoms with Crippen molar-refractivity contribution < 1.29 is 19.4 Å². The maximum Gasteiger partial charge on any atom is 0.329 e. The van der Waals surface area contributed by atoms with Crippen LogP contribution in [0.5, 0.6) is 0 Å². The molecule has 0 radical (unpaired) electrons. The number of urea groups is 1. The number of carbonyl (C=O) groups excluding carboxylic acids is 1. The van der Waals surface area contributed by atoms with Crippen LogP contribution < -0.4 is 10.6 Å². The van der Waals surface area contributed by atoms with Gasteiger partial charge in [0.1, 0.15) is 5.54 Å². The molecule has 2 rings (SSSR count). The van der Waals surface area contributed by atoms with Gasteiger partial charge in [-0.2, -0.15) is 0 Å². The average molecular weight is 299 g/mol. The Labute approximate surface area is 125 Å². The van der Waals surface area contributed by atoms with Gasteiger partial charge >= 0.3 is 12.0 Å². The molecule has 0 bridgehead atoms. The molecule has 0 saturated carbocycles. The Balaban J connectivity index is 1.78. The SMILES string of the molecule is CN1CCC(CNC(=O)NC2(C(=O)O)CCOCC2)CC1. The molecule has 2 aliphatic heterocycles. The number of rotatable bonds is 4. The van der Waals surface area contributed by atoms with E-state index in [1.165, 1.54) is 0 Å². The largest absolute Gasteiger partial charge is 0.480 e. The van der Waals surface area contributed by atoms with Crippen molar-refractivity contribution in [3.63, 3.8) is 0 Å². The molecule has 2 amide bonds. The van der Waals surface area contributed by atoms with E-state index in [0.717, 1.165) is 25.9 Å². The Bertz CT molecular complexity index is 374. The number of hydrogen-bond donors (Lipinski definition) is 3. The van der Waals surface area contributed by atoms with Crippen molar-refractivity contribution in [2.45, 2.75) is 31.2 Å². The molecule has 0 aromatic heterocycles. The summed E-state index contributed by atoms with van der Waals surface area (Å²) in [7, 11) is 2.10. The van der Waals surface area contributed by atoms with Crippen LogP contribution in [0.1, 0.15) is 25.7 Å². The third kappa shape index (κ3) is 4.31. The molecule has 2 aliphatic rings. The third-order valence-electron chi connectivity index (χ3n) is 4.50. The molecule has 2 saturated heterocycles. The van der Waals surface area contributed by atoms with Gasteiger partial charge in [-0.3, -0.25) is 0 Å². The zero-order valence-electron chi connectivity index (χ0n) is 12.6. The van der Waals surface area contributed by atoms with E-state index in [0.29, 0.717) is 38.5 Å². The predicted octanol–water partition coefficient (Wildman–Crippen LogP) is 0.261. The highest BCUT2D eigenvalue weighted by molar-refractivity contribution is 5.86. The van der Waals surface area contributed by atoms with Gasteiger partial charge in [-0.05, 0) is 38.9 Å². The van der Waals surface area contributed by atoms with Crippen LogP contribution in [-0.2, 0) is 9.53 Å². The van der Waals surface area contributed by atoms with Crippen molar-refractivity contribution in [2.75, 3.05) is 39.9 Å². The van der Waals surface area contributed by atoms with Crippen molar-refractivity contribution >= 4 is 12.0 Å². The van der Waals surface area contributed by atoms with Gasteiger partial charge in [0.2, 0.25) is 0 Å². The minimum Gasteiger partial charge on any atom is -0.480 e. The van der Waals surface area contributed by atoms with Crippen molar-refractivity contribution in [3.8, 4) is 0 Å². The normalized spacial score (nSPS) is 23.5. The molecule has 0 aliphatic carbocycles. The summed E-state index contributed by atoms with van der Waals surface area (Å²) in [6, 6.07) is -0.391. The van der Waals surface area contributed by atoms with Crippen LogP contribution in [0.4, 0.5) is 4.79 Å². The van der Waals surface area contributed by atoms with E-state index in [1.807, 2.05) is 0 Å². The van der Waals surface area contributed by atoms with E-state index in [2.05, 4.69) is 22.6 Å². The van der Waals surface area contributed by atoms with Gasteiger partial charge in [-0.25, -0.2) is 9.59 Å². The minimum absolute atomic E-state index is 0.310. The summed E-state index contributed by atoms with van der Waals surface area (Å²) in [6.45, 7) is 3.42. The number of likely N-dealkylation sites (tertiary alicyclic amines) is 1. The van der Waals surface area contributed by atoms with Gasteiger partial charge in [0.15, 0.2) is 0 Å². The number of carboxylic acid groups (broad SMARTS) is 1. The number of nitrogens with zero attached hydrogens (tertiary/aromatic N) is 1. The second-order valence-electron chi connectivity index (χ2n) is 6.08. The van der Waals surface area contributed by atoms with Crippen molar-refractivity contribution in [1.29, 1.82) is 0 Å². The van der Waals surface area contributed by atoms with Crippen molar-refractivity contribution in [3.05, 3.63) is 0 Å². The van der Waals surface area contributed by atoms with Gasteiger partial charge in [-0.1, -0.05) is 0 Å². The first-order chi connectivity index (χ1) is 10.0. The fourth-order valence-corrected chi connectivity index (χ4v) is 2.88. The average Bonchev–Trinajstić information content (AvgIpc) is 2.47. The first kappa shape index (κ1) is 16.0. The molecule has 2 heterocycles. The monoisotopic (exact) mass is 299 g/mol. The Morgan fingerprint density at radius 2 is 1.90 bits per heavy atom. The Kier molecular flexibility index (Phi) is 5.41. The molecule has 21 heavy (non-hydrogen) atoms. The molecule has 0 atom stereocenters. The summed E-state index contributed by atoms with van der Waals surface area (Å²) < 4.78 is 5.18. The van der Waals surface area contributed by atoms with E-state index in [1.54, 1.807) is 0 Å². The van der Waals surface area contributed by atoms with Crippen molar-refractivity contribution in [2.24, 2.45) is 5.92 Å². The van der Waals surface area contributed by atoms with Gasteiger partial charge in [0.05, 0.1) is 0 Å². The third-order valence-corrected chi connectivity index (χ3v) is 4.50. The highest BCUT2D eigenvalue weighted by atomic mass is 16.5. The molecule has 0 unspecified atom stereocenters. The highest BCUT2D eigenvalue weighted by Crippen LogP contribution is 2.21. The maximum atomic E-state index is 12.0. The fourth-order valence-electron chi connectivity index (χ4n) is 2.88. The zero-order valence-corrected chi connectivity index (χ0v) is 12.6. The Morgan fingerprint density at radius 3 is 2.48 bits per heavy atom. The van der Waals surface area contributed by atoms with E-state index < -0.39 is 17.5 Å². The smallest absolute Gasteiger partial charge is 0.329 e. The van der Waals surface area contributed by atoms with E-state index in [-0.39, 0.29) is 0 Å². The minimum atomic E-state index is -1.19. The molecule has 7 nitrogen and oxygen atoms in total. The molecule has 0 spiro atoms. The summed E-state index contributed by atoms with van der Waals surface area (Å²) >= 11 is 0. The molecule has 0 aromatic rings. The summed E-state index contributed by atoms with van der Waals surface area (Å²) in [4.78, 5) is 25.7. The lowest BCUT2D eigenvalue weighted by atomic mass is 9.90. The lowest BCUT2D eigenvalue weighted by Gasteiger charge is -2.34. The standard InChI is InChI=1S/C14H25N3O4/c1-17-6-2-11(3-7-17)10-15-13(20)16-14(12(18)19)4-8-21-9-5-14/h11H,2-10H2,1H3,(H,18,19)(H2,15,16,20). The van der Waals surface area contributed by atoms with Crippen LogP contribution in [0, 0.1) is 5.92 Å². The van der Waals surface area contributed by atoms with Crippen LogP contribution in [0.2, 0.25) is 0 Å². The van der Waals surface area contributed by atoms with Gasteiger partial charge in [-0.15, -0.1) is 0 Å². The van der Waals surface area contributed by atoms with Crippen LogP contribution in [0.25, 0.3) is 0 Å². The molecular weight excluding hydrogens is 274 g/mol. The number of piperidine rings is 1. The lowest BCUT2D eigenvalue weighted by Crippen LogP contribution is -2.60. The second kappa shape index (κ2) is 7.09. The van der Waals surface area contributed by atoms with Gasteiger partial charge < -0.3 is 25.4 Å². The van der Waals surface area contributed by atoms with Crippen LogP contribution in [0.3, 0.4) is 0 Å². The van der Waals surface area contributed by atoms with Crippen LogP contribution >= 0.6 is 0 Å². The first-order valence-corrected chi connectivity index (χ1v) is 7.57. The number of hydrogen-bond acceptors (Lipinski definition) is 4.